The van der Waals surface area contributed by atoms with Crippen molar-refractivity contribution in [1.29, 1.82) is 0 Å². The molecular formula is C17H31NO4Si. The van der Waals surface area contributed by atoms with Gasteiger partial charge in [-0.25, -0.2) is 0 Å². The molecule has 6 heteroatoms. The highest BCUT2D eigenvalue weighted by molar-refractivity contribution is 6.74. The van der Waals surface area contributed by atoms with Crippen LogP contribution in [-0.2, 0) is 18.7 Å². The van der Waals surface area contributed by atoms with Gasteiger partial charge in [-0.1, -0.05) is 20.8 Å². The lowest BCUT2D eigenvalue weighted by molar-refractivity contribution is -0.141. The Morgan fingerprint density at radius 2 is 1.87 bits per heavy atom. The first kappa shape index (κ1) is 17.4. The average molecular weight is 342 g/mol. The molecule has 0 unspecified atom stereocenters. The quantitative estimate of drug-likeness (QED) is 0.583. The number of ether oxygens (including phenoxy) is 2. The van der Waals surface area contributed by atoms with Gasteiger partial charge in [0.2, 0.25) is 0 Å². The topological polar surface area (TPSA) is 48.0 Å². The zero-order chi connectivity index (χ0) is 16.8. The van der Waals surface area contributed by atoms with Gasteiger partial charge in [-0.3, -0.25) is 9.69 Å². The Balaban J connectivity index is 1.79. The summed E-state index contributed by atoms with van der Waals surface area (Å²) < 4.78 is 17.9. The van der Waals surface area contributed by atoms with E-state index in [0.29, 0.717) is 12.5 Å². The van der Waals surface area contributed by atoms with Crippen LogP contribution in [0.5, 0.6) is 0 Å². The Hall–Kier alpha value is -0.433. The van der Waals surface area contributed by atoms with Crippen molar-refractivity contribution in [1.82, 2.24) is 4.90 Å². The zero-order valence-corrected chi connectivity index (χ0v) is 16.1. The highest BCUT2D eigenvalue weighted by atomic mass is 28.4. The van der Waals surface area contributed by atoms with Gasteiger partial charge in [-0.05, 0) is 18.1 Å². The number of hydrogen-bond donors (Lipinski definition) is 0. The van der Waals surface area contributed by atoms with E-state index < -0.39 is 8.32 Å². The molecule has 0 amide bonds. The van der Waals surface area contributed by atoms with Crippen molar-refractivity contribution < 1.29 is 18.7 Å². The summed E-state index contributed by atoms with van der Waals surface area (Å²) in [4.78, 5) is 14.2. The van der Waals surface area contributed by atoms with E-state index in [9.17, 15) is 4.79 Å². The SMILES string of the molecule is CC(C)(C)[Si](C)(C)O[C@@H]1C[C@H]2OC(=O)C[C@H]2[C@H]1N1CCOCC1. The van der Waals surface area contributed by atoms with Crippen molar-refractivity contribution >= 4 is 14.3 Å². The molecule has 3 rings (SSSR count). The second-order valence-electron chi connectivity index (χ2n) is 8.69. The van der Waals surface area contributed by atoms with Crippen LogP contribution in [0, 0.1) is 5.92 Å². The van der Waals surface area contributed by atoms with Crippen LogP contribution in [0.1, 0.15) is 33.6 Å². The predicted molar refractivity (Wildman–Crippen MR) is 90.9 cm³/mol. The van der Waals surface area contributed by atoms with E-state index in [2.05, 4.69) is 38.8 Å². The molecule has 2 heterocycles. The van der Waals surface area contributed by atoms with Crippen LogP contribution in [0.2, 0.25) is 18.1 Å². The summed E-state index contributed by atoms with van der Waals surface area (Å²) in [5.74, 6) is 0.249. The Labute approximate surface area is 140 Å². The number of carbonyl (C=O) groups is 1. The maximum Gasteiger partial charge on any atom is 0.306 e. The monoisotopic (exact) mass is 341 g/mol. The minimum atomic E-state index is -1.84. The molecule has 1 aliphatic carbocycles. The molecule has 23 heavy (non-hydrogen) atoms. The molecule has 4 atom stereocenters. The van der Waals surface area contributed by atoms with Gasteiger partial charge in [0.15, 0.2) is 8.32 Å². The molecule has 1 saturated carbocycles. The molecule has 0 radical (unpaired) electrons. The number of carbonyl (C=O) groups excluding carboxylic acids is 1. The lowest BCUT2D eigenvalue weighted by atomic mass is 9.97. The number of morpholine rings is 1. The van der Waals surface area contributed by atoms with Crippen LogP contribution >= 0.6 is 0 Å². The molecule has 2 aliphatic heterocycles. The minimum Gasteiger partial charge on any atom is -0.462 e. The van der Waals surface area contributed by atoms with Crippen LogP contribution in [0.3, 0.4) is 0 Å². The first-order valence-corrected chi connectivity index (χ1v) is 11.8. The first-order valence-electron chi connectivity index (χ1n) is 8.88. The lowest BCUT2D eigenvalue weighted by Gasteiger charge is -2.43. The van der Waals surface area contributed by atoms with Gasteiger partial charge >= 0.3 is 5.97 Å². The molecule has 3 aliphatic rings. The highest BCUT2D eigenvalue weighted by Gasteiger charge is 2.54. The second-order valence-corrected chi connectivity index (χ2v) is 13.4. The molecule has 0 bridgehead atoms. The van der Waals surface area contributed by atoms with Crippen molar-refractivity contribution in [2.45, 2.75) is 70.0 Å². The van der Waals surface area contributed by atoms with Crippen LogP contribution in [0.4, 0.5) is 0 Å². The summed E-state index contributed by atoms with van der Waals surface area (Å²) in [6.45, 7) is 14.9. The highest BCUT2D eigenvalue weighted by Crippen LogP contribution is 2.45. The lowest BCUT2D eigenvalue weighted by Crippen LogP contribution is -2.54. The molecule has 132 valence electrons. The summed E-state index contributed by atoms with van der Waals surface area (Å²) >= 11 is 0. The molecule has 2 saturated heterocycles. The van der Waals surface area contributed by atoms with Gasteiger partial charge < -0.3 is 13.9 Å². The summed E-state index contributed by atoms with van der Waals surface area (Å²) in [5.41, 5.74) is 0. The van der Waals surface area contributed by atoms with Gasteiger partial charge in [0.1, 0.15) is 6.10 Å². The first-order chi connectivity index (χ1) is 10.7. The van der Waals surface area contributed by atoms with E-state index >= 15 is 0 Å². The van der Waals surface area contributed by atoms with E-state index in [1.165, 1.54) is 0 Å². The predicted octanol–water partition coefficient (Wildman–Crippen LogP) is 2.41. The van der Waals surface area contributed by atoms with Gasteiger partial charge in [0.05, 0.1) is 25.7 Å². The normalized spacial score (nSPS) is 36.1. The largest absolute Gasteiger partial charge is 0.462 e. The van der Waals surface area contributed by atoms with Crippen LogP contribution < -0.4 is 0 Å². The molecule has 3 fully saturated rings. The third-order valence-electron chi connectivity index (χ3n) is 6.17. The zero-order valence-electron chi connectivity index (χ0n) is 15.1. The van der Waals surface area contributed by atoms with Gasteiger partial charge in [0.25, 0.3) is 0 Å². The molecular weight excluding hydrogens is 310 g/mol. The van der Waals surface area contributed by atoms with Crippen molar-refractivity contribution in [3.63, 3.8) is 0 Å². The standard InChI is InChI=1S/C17H31NO4Si/c1-17(2,3)23(4,5)22-14-11-13-12(10-15(19)21-13)16(14)18-6-8-20-9-7-18/h12-14,16H,6-11H2,1-5H3/t12-,13-,14-,16-/m1/s1. The van der Waals surface area contributed by atoms with Gasteiger partial charge in [0, 0.05) is 31.5 Å². The Morgan fingerprint density at radius 1 is 1.22 bits per heavy atom. The number of hydrogen-bond acceptors (Lipinski definition) is 5. The second kappa shape index (κ2) is 6.13. The maximum atomic E-state index is 11.7. The fourth-order valence-corrected chi connectivity index (χ4v) is 5.24. The number of rotatable bonds is 3. The van der Waals surface area contributed by atoms with E-state index in [-0.39, 0.29) is 29.1 Å². The Bertz CT molecular complexity index is 456. The fraction of sp³-hybridized carbons (Fsp3) is 0.941. The van der Waals surface area contributed by atoms with E-state index in [4.69, 9.17) is 13.9 Å². The molecule has 5 nitrogen and oxygen atoms in total. The summed E-state index contributed by atoms with van der Waals surface area (Å²) in [7, 11) is -1.84. The van der Waals surface area contributed by atoms with Crippen LogP contribution in [-0.4, -0.2) is 63.7 Å². The number of fused-ring (bicyclic) bond motifs is 1. The molecule has 0 aromatic rings. The minimum absolute atomic E-state index is 0.0379. The van der Waals surface area contributed by atoms with Crippen molar-refractivity contribution in [2.24, 2.45) is 5.92 Å². The van der Waals surface area contributed by atoms with E-state index in [1.54, 1.807) is 0 Å². The third kappa shape index (κ3) is 3.36. The summed E-state index contributed by atoms with van der Waals surface area (Å²) in [5, 5.41) is 0.191. The smallest absolute Gasteiger partial charge is 0.306 e. The Kier molecular flexibility index (Phi) is 4.64. The van der Waals surface area contributed by atoms with Crippen LogP contribution in [0.15, 0.2) is 0 Å². The average Bonchev–Trinajstić information content (AvgIpc) is 2.93. The van der Waals surface area contributed by atoms with Crippen molar-refractivity contribution in [3.05, 3.63) is 0 Å². The molecule has 0 aromatic heterocycles. The Morgan fingerprint density at radius 3 is 2.48 bits per heavy atom. The van der Waals surface area contributed by atoms with Crippen molar-refractivity contribution in [2.75, 3.05) is 26.3 Å². The summed E-state index contributed by atoms with van der Waals surface area (Å²) in [6.07, 6.45) is 1.62. The maximum absolute atomic E-state index is 11.7. The van der Waals surface area contributed by atoms with E-state index in [1.807, 2.05) is 0 Å². The van der Waals surface area contributed by atoms with Crippen molar-refractivity contribution in [3.8, 4) is 0 Å². The third-order valence-corrected chi connectivity index (χ3v) is 10.7. The number of esters is 1. The van der Waals surface area contributed by atoms with E-state index in [0.717, 1.165) is 32.7 Å². The number of nitrogens with zero attached hydrogens (tertiary/aromatic N) is 1. The summed E-state index contributed by atoms with van der Waals surface area (Å²) in [6, 6.07) is 0.296. The molecule has 0 aromatic carbocycles. The molecule has 0 N–H and O–H groups in total. The fourth-order valence-electron chi connectivity index (χ4n) is 3.89. The van der Waals surface area contributed by atoms with Gasteiger partial charge in [-0.15, -0.1) is 0 Å². The molecule has 0 spiro atoms. The van der Waals surface area contributed by atoms with Gasteiger partial charge in [-0.2, -0.15) is 0 Å². The van der Waals surface area contributed by atoms with Crippen LogP contribution in [0.25, 0.3) is 0 Å².